The van der Waals surface area contributed by atoms with Crippen molar-refractivity contribution >= 4 is 130 Å². The molecule has 0 rings (SSSR count). The molecule has 0 heterocycles. The molecule has 0 aromatic rings. The number of hydrogen-bond acceptors (Lipinski definition) is 23. The number of aliphatic carboxylic acids is 1. The molecule has 13 amide bonds. The highest BCUT2D eigenvalue weighted by atomic mass is 16.4. The summed E-state index contributed by atoms with van der Waals surface area (Å²) in [6.07, 6.45) is -0.130. The van der Waals surface area contributed by atoms with Gasteiger partial charge in [0, 0.05) is 52.4 Å². The maximum atomic E-state index is 14.9. The van der Waals surface area contributed by atoms with Crippen molar-refractivity contribution in [3.8, 4) is 0 Å². The summed E-state index contributed by atoms with van der Waals surface area (Å²) in [5, 5.41) is 126. The van der Waals surface area contributed by atoms with E-state index in [1.807, 2.05) is 0 Å². The molecule has 53 heteroatoms. The number of carbonyl (C=O) groups is 14. The molecule has 48 N–H and O–H groups in total. The zero-order valence-electron chi connectivity index (χ0n) is 77.4. The van der Waals surface area contributed by atoms with Crippen molar-refractivity contribution in [3.63, 3.8) is 0 Å². The minimum atomic E-state index is -1.57. The summed E-state index contributed by atoms with van der Waals surface area (Å²) in [4.78, 5) is 201. The minimum Gasteiger partial charge on any atom is -0.480 e. The first-order valence-corrected chi connectivity index (χ1v) is 43.8. The van der Waals surface area contributed by atoms with E-state index in [4.69, 9.17) is 94.9 Å². The smallest absolute Gasteiger partial charge is 0.326 e. The first kappa shape index (κ1) is 118. The Morgan fingerprint density at radius 1 is 0.206 bits per heavy atom. The molecular formula is C78H152N38O15. The van der Waals surface area contributed by atoms with Crippen LogP contribution in [0.5, 0.6) is 0 Å². The van der Waals surface area contributed by atoms with Gasteiger partial charge < -0.3 is 168 Å². The Balaban J connectivity index is 7.69. The van der Waals surface area contributed by atoms with E-state index in [-0.39, 0.29) is 167 Å². The van der Waals surface area contributed by atoms with Crippen LogP contribution in [0.1, 0.15) is 186 Å². The van der Waals surface area contributed by atoms with Gasteiger partial charge in [-0.05, 0) is 138 Å². The summed E-state index contributed by atoms with van der Waals surface area (Å²) in [6.45, 7) is 19.3. The number of carboxylic acids is 1. The molecule has 0 bridgehead atoms. The van der Waals surface area contributed by atoms with E-state index in [9.17, 15) is 72.2 Å². The van der Waals surface area contributed by atoms with Crippen molar-refractivity contribution in [3.05, 3.63) is 0 Å². The fraction of sp³-hybridized carbons (Fsp3) is 0.718. The highest BCUT2D eigenvalue weighted by Crippen LogP contribution is 2.16. The third-order valence-corrected chi connectivity index (χ3v) is 20.1. The van der Waals surface area contributed by atoms with Gasteiger partial charge in [0.05, 0.1) is 6.04 Å². The average molecular weight is 1860 g/mol. The van der Waals surface area contributed by atoms with Gasteiger partial charge in [0.1, 0.15) is 78.5 Å². The van der Waals surface area contributed by atoms with Crippen molar-refractivity contribution < 1.29 is 72.2 Å². The summed E-state index contributed by atoms with van der Waals surface area (Å²) in [6, 6.07) is -20.1. The number of hydrogen-bond donors (Lipinski definition) is 39. The van der Waals surface area contributed by atoms with E-state index in [2.05, 4.69) is 112 Å². The predicted octanol–water partition coefficient (Wildman–Crippen LogP) is -9.26. The molecule has 0 unspecified atom stereocenters. The lowest BCUT2D eigenvalue weighted by Crippen LogP contribution is -2.62. The van der Waals surface area contributed by atoms with Crippen molar-refractivity contribution in [2.24, 2.45) is 87.1 Å². The van der Waals surface area contributed by atoms with Gasteiger partial charge in [-0.25, -0.2) is 4.79 Å². The molecule has 0 aliphatic rings. The maximum absolute atomic E-state index is 14.9. The summed E-state index contributed by atoms with van der Waals surface area (Å²) >= 11 is 0. The predicted molar refractivity (Wildman–Crippen MR) is 493 cm³/mol. The third kappa shape index (κ3) is 50.3. The Morgan fingerprint density at radius 3 is 0.496 bits per heavy atom. The average Bonchev–Trinajstić information content (AvgIpc) is 0.844. The monoisotopic (exact) mass is 1860 g/mol. The fourth-order valence-corrected chi connectivity index (χ4v) is 12.8. The Morgan fingerprint density at radius 2 is 0.336 bits per heavy atom. The van der Waals surface area contributed by atoms with E-state index in [0.29, 0.717) is 6.42 Å². The molecule has 0 spiro atoms. The van der Waals surface area contributed by atoms with Gasteiger partial charge in [-0.2, -0.15) is 0 Å². The topological polar surface area (TPSA) is 937 Å². The molecule has 0 aliphatic heterocycles. The highest BCUT2D eigenvalue weighted by Gasteiger charge is 2.40. The number of nitrogens with one attached hydrogen (secondary N) is 29. The van der Waals surface area contributed by atoms with Crippen LogP contribution in [0.15, 0.2) is 0 Å². The number of rotatable bonds is 65. The molecule has 0 aromatic heterocycles. The number of amides is 13. The molecule has 744 valence electrons. The largest absolute Gasteiger partial charge is 0.480 e. The fourth-order valence-electron chi connectivity index (χ4n) is 12.8. The molecule has 0 fully saturated rings. The van der Waals surface area contributed by atoms with Crippen LogP contribution in [0.4, 0.5) is 0 Å². The van der Waals surface area contributed by atoms with Crippen LogP contribution in [-0.4, -0.2) is 272 Å². The Kier molecular flexibility index (Phi) is 56.4. The third-order valence-electron chi connectivity index (χ3n) is 20.1. The highest BCUT2D eigenvalue weighted by molar-refractivity contribution is 6.01. The van der Waals surface area contributed by atoms with Gasteiger partial charge in [0.25, 0.3) is 0 Å². The standard InChI is InChI=1S/C78H152N38O15/c1-37(2)51(111-62(122)48(26-18-34-101-76(90)91)105-59(119)45(23-15-31-98-73(84)85)109-66(126)52(38(3)4)114-68(128)54(40(7)8)112-61(121)47(25-17-33-100-75(88)89)104-57(117)43(79)21-13-29-96-71(80)81)65(125)108-44(22-14-30-97-72(82)83)58(118)106-49(27-19-35-102-77(92)93)63(123)113-55(41(9)10)69(129)115-53(39(5)6)67(127)110-46(24-16-32-99-74(86)87)60(120)107-50(28-20-36-103-78(94)95)64(124)116-56(42(11)12)70(130)131/h37-56H,13-36,79H2,1-12H3,(H,104,117)(H,105,119)(H,106,118)(H,107,120)(H,108,125)(H,109,126)(H,110,127)(H,111,122)(H,112,121)(H,113,123)(H,114,128)(H,115,129)(H,116,124)(H,130,131)(H4,80,81,96)(H4,82,83,97)(H4,84,85,98)(H4,86,87,99)(H4,88,89,100)(H4,90,91,101)(H4,92,93,102)(H4,94,95,103)/t43-,44-,45-,46-,47-,48-,49-,50-,51-,52-,53-,54-,55-,56-/m0/s1. The second-order valence-corrected chi connectivity index (χ2v) is 33.6. The molecular weight excluding hydrogens is 1710 g/mol. The van der Waals surface area contributed by atoms with Crippen LogP contribution in [0.3, 0.4) is 0 Å². The number of carboxylic acid groups (broad SMARTS) is 1. The lowest BCUT2D eigenvalue weighted by atomic mass is 9.98. The van der Waals surface area contributed by atoms with Crippen LogP contribution in [0.2, 0.25) is 0 Å². The van der Waals surface area contributed by atoms with E-state index >= 15 is 0 Å². The van der Waals surface area contributed by atoms with Gasteiger partial charge in [0.15, 0.2) is 47.7 Å². The lowest BCUT2D eigenvalue weighted by Gasteiger charge is -2.31. The molecule has 0 radical (unpaired) electrons. The second-order valence-electron chi connectivity index (χ2n) is 33.6. The summed E-state index contributed by atoms with van der Waals surface area (Å²) in [7, 11) is 0. The number of nitrogens with two attached hydrogens (primary N) is 9. The lowest BCUT2D eigenvalue weighted by molar-refractivity contribution is -0.143. The Hall–Kier alpha value is -13.3. The Labute approximate surface area is 764 Å². The minimum absolute atomic E-state index is 0.000890. The molecule has 14 atom stereocenters. The SMILES string of the molecule is CC(C)[C@H](NC(=O)[C@H](CCCNC(=N)N)NC(=O)[C@H](CCCNC(=N)N)NC(=O)[C@@H](NC(=O)[C@@H](NC(=O)[C@H](CCCNC(=N)N)NC(=O)[C@H](CCCNC(=N)N)NC(=O)[C@@H](NC(=O)[C@H](CCCNC(=N)N)NC(=O)[C@H](CCCNC(=N)N)NC(=O)[C@@H](NC(=O)[C@@H](NC(=O)[C@H](CCCNC(=N)N)NC(=O)[C@@H](N)CCCNC(=N)N)C(C)C)C(C)C)C(C)C)C(C)C)C(C)C)C(=O)O. The van der Waals surface area contributed by atoms with Gasteiger partial charge >= 0.3 is 5.97 Å². The molecule has 53 nitrogen and oxygen atoms in total. The summed E-state index contributed by atoms with van der Waals surface area (Å²) in [5.41, 5.74) is 50.3. The van der Waals surface area contributed by atoms with Crippen molar-refractivity contribution in [2.75, 3.05) is 52.4 Å². The van der Waals surface area contributed by atoms with Crippen LogP contribution in [-0.2, 0) is 67.1 Å². The van der Waals surface area contributed by atoms with Crippen molar-refractivity contribution in [2.45, 2.75) is 270 Å². The maximum Gasteiger partial charge on any atom is 0.326 e. The van der Waals surface area contributed by atoms with Crippen LogP contribution in [0, 0.1) is 78.8 Å². The van der Waals surface area contributed by atoms with Gasteiger partial charge in [-0.3, -0.25) is 106 Å². The zero-order chi connectivity index (χ0) is 100. The van der Waals surface area contributed by atoms with Crippen LogP contribution in [0.25, 0.3) is 0 Å². The molecule has 0 aliphatic carbocycles. The Bertz CT molecular complexity index is 3810. The summed E-state index contributed by atoms with van der Waals surface area (Å²) < 4.78 is 0. The summed E-state index contributed by atoms with van der Waals surface area (Å²) in [5.74, 6) is -20.5. The second kappa shape index (κ2) is 62.8. The van der Waals surface area contributed by atoms with E-state index in [1.54, 1.807) is 83.1 Å². The van der Waals surface area contributed by atoms with Crippen molar-refractivity contribution in [1.29, 1.82) is 43.3 Å². The van der Waals surface area contributed by atoms with Crippen LogP contribution >= 0.6 is 0 Å². The number of guanidine groups is 8. The van der Waals surface area contributed by atoms with Crippen molar-refractivity contribution in [1.82, 2.24) is 112 Å². The molecule has 131 heavy (non-hydrogen) atoms. The zero-order valence-corrected chi connectivity index (χ0v) is 77.4. The van der Waals surface area contributed by atoms with Gasteiger partial charge in [-0.15, -0.1) is 0 Å². The molecule has 0 saturated heterocycles. The first-order chi connectivity index (χ1) is 61.2. The van der Waals surface area contributed by atoms with E-state index in [1.165, 1.54) is 0 Å². The quantitative estimate of drug-likeness (QED) is 0.0153. The van der Waals surface area contributed by atoms with Crippen LogP contribution < -0.4 is 163 Å². The molecule has 0 aromatic carbocycles. The van der Waals surface area contributed by atoms with E-state index < -0.39 is 233 Å². The normalized spacial score (nSPS) is 14.3. The molecule has 0 saturated carbocycles. The van der Waals surface area contributed by atoms with Gasteiger partial charge in [-0.1, -0.05) is 83.1 Å². The first-order valence-electron chi connectivity index (χ1n) is 43.8. The number of carbonyl (C=O) groups excluding carboxylic acids is 13. The van der Waals surface area contributed by atoms with Gasteiger partial charge in [0.2, 0.25) is 76.8 Å². The van der Waals surface area contributed by atoms with E-state index in [0.717, 1.165) is 0 Å².